The van der Waals surface area contributed by atoms with Gasteiger partial charge in [-0.1, -0.05) is 5.16 Å². The van der Waals surface area contributed by atoms with Crippen LogP contribution in [-0.2, 0) is 4.74 Å². The summed E-state index contributed by atoms with van der Waals surface area (Å²) >= 11 is 0. The number of methoxy groups -OCH3 is 1. The van der Waals surface area contributed by atoms with E-state index in [1.807, 2.05) is 0 Å². The smallest absolute Gasteiger partial charge is 0.343 e. The van der Waals surface area contributed by atoms with Gasteiger partial charge in [0.15, 0.2) is 0 Å². The number of carbonyl (C=O) groups is 1. The van der Waals surface area contributed by atoms with Gasteiger partial charge in [-0.25, -0.2) is 4.79 Å². The Morgan fingerprint density at radius 1 is 1.80 bits per heavy atom. The number of esters is 1. The van der Waals surface area contributed by atoms with E-state index in [1.54, 1.807) is 6.92 Å². The molecule has 0 bridgehead atoms. The topological polar surface area (TPSA) is 52.3 Å². The van der Waals surface area contributed by atoms with Crippen LogP contribution in [0.25, 0.3) is 0 Å². The summed E-state index contributed by atoms with van der Waals surface area (Å²) in [7, 11) is 1.31. The summed E-state index contributed by atoms with van der Waals surface area (Å²) < 4.78 is 8.95. The predicted octanol–water partition coefficient (Wildman–Crippen LogP) is 0.770. The molecule has 1 aromatic rings. The summed E-state index contributed by atoms with van der Waals surface area (Å²) in [5.74, 6) is -0.418. The molecule has 0 atom stereocenters. The molecule has 1 rings (SSSR count). The second-order valence-electron chi connectivity index (χ2n) is 1.81. The van der Waals surface area contributed by atoms with E-state index < -0.39 is 5.97 Å². The molecular weight excluding hydrogens is 134 g/mol. The van der Waals surface area contributed by atoms with Crippen molar-refractivity contribution in [2.24, 2.45) is 0 Å². The van der Waals surface area contributed by atoms with Crippen molar-refractivity contribution in [3.8, 4) is 0 Å². The monoisotopic (exact) mass is 141 g/mol. The zero-order chi connectivity index (χ0) is 7.56. The van der Waals surface area contributed by atoms with Gasteiger partial charge in [-0.2, -0.15) is 0 Å². The third kappa shape index (κ3) is 1.00. The highest BCUT2D eigenvalue weighted by atomic mass is 16.5. The fourth-order valence-electron chi connectivity index (χ4n) is 0.598. The van der Waals surface area contributed by atoms with Gasteiger partial charge in [-0.15, -0.1) is 0 Å². The maximum absolute atomic E-state index is 10.8. The molecule has 0 unspecified atom stereocenters. The molecule has 0 aliphatic carbocycles. The highest BCUT2D eigenvalue weighted by Crippen LogP contribution is 2.05. The largest absolute Gasteiger partial charge is 0.465 e. The van der Waals surface area contributed by atoms with Crippen molar-refractivity contribution < 1.29 is 14.1 Å². The Balaban J connectivity index is 2.93. The molecule has 1 heterocycles. The van der Waals surface area contributed by atoms with Crippen LogP contribution < -0.4 is 0 Å². The van der Waals surface area contributed by atoms with Crippen LogP contribution in [0.2, 0.25) is 0 Å². The maximum Gasteiger partial charge on any atom is 0.343 e. The lowest BCUT2D eigenvalue weighted by Crippen LogP contribution is -2.00. The molecule has 4 nitrogen and oxygen atoms in total. The van der Waals surface area contributed by atoms with Gasteiger partial charge >= 0.3 is 5.97 Å². The molecule has 0 N–H and O–H groups in total. The van der Waals surface area contributed by atoms with Crippen LogP contribution in [0.15, 0.2) is 10.8 Å². The Morgan fingerprint density at radius 3 is 2.90 bits per heavy atom. The van der Waals surface area contributed by atoms with E-state index in [0.29, 0.717) is 11.3 Å². The third-order valence-corrected chi connectivity index (χ3v) is 1.16. The first-order chi connectivity index (χ1) is 4.75. The van der Waals surface area contributed by atoms with E-state index >= 15 is 0 Å². The van der Waals surface area contributed by atoms with Crippen LogP contribution in [0.5, 0.6) is 0 Å². The third-order valence-electron chi connectivity index (χ3n) is 1.16. The lowest BCUT2D eigenvalue weighted by Gasteiger charge is -1.91. The molecule has 0 aliphatic heterocycles. The van der Waals surface area contributed by atoms with Gasteiger partial charge in [0.05, 0.1) is 12.8 Å². The maximum atomic E-state index is 10.8. The molecule has 0 radical (unpaired) electrons. The Labute approximate surface area is 57.8 Å². The molecule has 0 aromatic carbocycles. The van der Waals surface area contributed by atoms with Gasteiger partial charge in [0.2, 0.25) is 0 Å². The molecular formula is C6H7NO3. The van der Waals surface area contributed by atoms with Gasteiger partial charge in [0, 0.05) is 0 Å². The first kappa shape index (κ1) is 6.80. The molecule has 0 aliphatic rings. The van der Waals surface area contributed by atoms with Gasteiger partial charge in [-0.05, 0) is 6.92 Å². The fraction of sp³-hybridized carbons (Fsp3) is 0.333. The fourth-order valence-corrected chi connectivity index (χ4v) is 0.598. The molecule has 0 fully saturated rings. The Morgan fingerprint density at radius 2 is 2.50 bits per heavy atom. The highest BCUT2D eigenvalue weighted by molar-refractivity contribution is 5.89. The standard InChI is InChI=1S/C6H7NO3/c1-4-5(3-10-7-4)6(8)9-2/h3H,1-2H3. The second-order valence-corrected chi connectivity index (χ2v) is 1.81. The number of hydrogen-bond acceptors (Lipinski definition) is 4. The van der Waals surface area contributed by atoms with Crippen LogP contribution in [0, 0.1) is 6.92 Å². The average molecular weight is 141 g/mol. The minimum absolute atomic E-state index is 0.377. The van der Waals surface area contributed by atoms with Crippen molar-refractivity contribution in [1.82, 2.24) is 5.16 Å². The first-order valence-corrected chi connectivity index (χ1v) is 2.75. The number of nitrogens with zero attached hydrogens (tertiary/aromatic N) is 1. The van der Waals surface area contributed by atoms with Crippen LogP contribution in [0.1, 0.15) is 16.1 Å². The minimum atomic E-state index is -0.418. The summed E-state index contributed by atoms with van der Waals surface area (Å²) in [5.41, 5.74) is 0.925. The van der Waals surface area contributed by atoms with Gasteiger partial charge in [0.25, 0.3) is 0 Å². The molecule has 54 valence electrons. The SMILES string of the molecule is COC(=O)c1conc1C. The lowest BCUT2D eigenvalue weighted by molar-refractivity contribution is 0.0599. The van der Waals surface area contributed by atoms with E-state index in [2.05, 4.69) is 14.4 Å². The molecule has 0 spiro atoms. The highest BCUT2D eigenvalue weighted by Gasteiger charge is 2.11. The summed E-state index contributed by atoms with van der Waals surface area (Å²) in [6.07, 6.45) is 1.27. The number of hydrogen-bond donors (Lipinski definition) is 0. The molecule has 0 saturated heterocycles. The summed E-state index contributed by atoms with van der Waals surface area (Å²) in [6, 6.07) is 0. The Kier molecular flexibility index (Phi) is 1.71. The van der Waals surface area contributed by atoms with Crippen molar-refractivity contribution in [2.75, 3.05) is 7.11 Å². The van der Waals surface area contributed by atoms with Gasteiger partial charge < -0.3 is 9.26 Å². The summed E-state index contributed by atoms with van der Waals surface area (Å²) in [4.78, 5) is 10.8. The van der Waals surface area contributed by atoms with E-state index in [9.17, 15) is 4.79 Å². The van der Waals surface area contributed by atoms with Crippen molar-refractivity contribution in [1.29, 1.82) is 0 Å². The predicted molar refractivity (Wildman–Crippen MR) is 32.6 cm³/mol. The number of aryl methyl sites for hydroxylation is 1. The average Bonchev–Trinajstić information content (AvgIpc) is 2.34. The molecule has 1 aromatic heterocycles. The van der Waals surface area contributed by atoms with Crippen molar-refractivity contribution in [3.05, 3.63) is 17.5 Å². The quantitative estimate of drug-likeness (QED) is 0.542. The second kappa shape index (κ2) is 2.51. The molecule has 10 heavy (non-hydrogen) atoms. The zero-order valence-electron chi connectivity index (χ0n) is 5.75. The number of aromatic nitrogens is 1. The van der Waals surface area contributed by atoms with Crippen LogP contribution in [0.3, 0.4) is 0 Å². The van der Waals surface area contributed by atoms with Crippen molar-refractivity contribution in [3.63, 3.8) is 0 Å². The molecule has 0 saturated carbocycles. The number of rotatable bonds is 1. The minimum Gasteiger partial charge on any atom is -0.465 e. The van der Waals surface area contributed by atoms with E-state index in [4.69, 9.17) is 0 Å². The van der Waals surface area contributed by atoms with Crippen LogP contribution >= 0.6 is 0 Å². The number of carbonyl (C=O) groups excluding carboxylic acids is 1. The summed E-state index contributed by atoms with van der Waals surface area (Å²) in [6.45, 7) is 1.68. The van der Waals surface area contributed by atoms with Gasteiger partial charge in [0.1, 0.15) is 11.8 Å². The van der Waals surface area contributed by atoms with Crippen LogP contribution in [-0.4, -0.2) is 18.2 Å². The van der Waals surface area contributed by atoms with Crippen LogP contribution in [0.4, 0.5) is 0 Å². The van der Waals surface area contributed by atoms with Crippen molar-refractivity contribution in [2.45, 2.75) is 6.92 Å². The summed E-state index contributed by atoms with van der Waals surface area (Å²) in [5, 5.41) is 3.51. The van der Waals surface area contributed by atoms with E-state index in [0.717, 1.165) is 0 Å². The molecule has 0 amide bonds. The molecule has 4 heteroatoms. The Hall–Kier alpha value is -1.32. The van der Waals surface area contributed by atoms with Gasteiger partial charge in [-0.3, -0.25) is 0 Å². The van der Waals surface area contributed by atoms with E-state index in [1.165, 1.54) is 13.4 Å². The zero-order valence-corrected chi connectivity index (χ0v) is 5.75. The lowest BCUT2D eigenvalue weighted by atomic mass is 10.3. The normalized spacial score (nSPS) is 9.40. The Bertz CT molecular complexity index is 241. The van der Waals surface area contributed by atoms with E-state index in [-0.39, 0.29) is 0 Å². The van der Waals surface area contributed by atoms with Crippen molar-refractivity contribution >= 4 is 5.97 Å². The number of ether oxygens (including phenoxy) is 1. The first-order valence-electron chi connectivity index (χ1n) is 2.75.